The lowest BCUT2D eigenvalue weighted by molar-refractivity contribution is -0.385. The molecule has 0 radical (unpaired) electrons. The van der Waals surface area contributed by atoms with Crippen molar-refractivity contribution in [2.24, 2.45) is 11.8 Å². The van der Waals surface area contributed by atoms with E-state index in [0.29, 0.717) is 16.0 Å². The van der Waals surface area contributed by atoms with Crippen LogP contribution < -0.4 is 0 Å². The molecular weight excluding hydrogens is 674 g/mol. The highest BCUT2D eigenvalue weighted by Crippen LogP contribution is 2.54. The first-order chi connectivity index (χ1) is 23.5. The molecule has 0 unspecified atom stereocenters. The van der Waals surface area contributed by atoms with E-state index in [0.717, 1.165) is 0 Å². The molecule has 0 spiro atoms. The molecule has 2 aromatic rings. The molecule has 0 bridgehead atoms. The number of aliphatic hydroxyl groups is 1. The summed E-state index contributed by atoms with van der Waals surface area (Å²) in [5.74, 6) is -2.75. The van der Waals surface area contributed by atoms with Gasteiger partial charge in [-0.3, -0.25) is 34.7 Å². The molecule has 50 heavy (non-hydrogen) atoms. The summed E-state index contributed by atoms with van der Waals surface area (Å²) in [6.45, 7) is 4.58. The average molecular weight is 712 g/mol. The number of β-lactam (4-membered cyclic amide) rings is 1. The van der Waals surface area contributed by atoms with Crippen molar-refractivity contribution in [3.05, 3.63) is 90.5 Å². The Morgan fingerprint density at radius 2 is 1.48 bits per heavy atom. The topological polar surface area (TPSA) is 203 Å². The first kappa shape index (κ1) is 36.3. The van der Waals surface area contributed by atoms with Gasteiger partial charge in [-0.1, -0.05) is 6.92 Å². The molecule has 16 nitrogen and oxygen atoms in total. The van der Waals surface area contributed by atoms with Crippen LogP contribution in [-0.2, 0) is 37.1 Å². The van der Waals surface area contributed by atoms with E-state index in [1.165, 1.54) is 88.8 Å². The van der Waals surface area contributed by atoms with E-state index >= 15 is 0 Å². The number of carbonyl (C=O) groups excluding carboxylic acids is 4. The van der Waals surface area contributed by atoms with E-state index in [1.54, 1.807) is 14.1 Å². The van der Waals surface area contributed by atoms with Gasteiger partial charge in [0.15, 0.2) is 0 Å². The second-order valence-corrected chi connectivity index (χ2v) is 14.5. The Morgan fingerprint density at radius 1 is 0.960 bits per heavy atom. The van der Waals surface area contributed by atoms with Gasteiger partial charge in [-0.05, 0) is 55.7 Å². The molecular formula is C33H37N5O11S. The summed E-state index contributed by atoms with van der Waals surface area (Å²) in [5.41, 5.74) is -0.571. The van der Waals surface area contributed by atoms with Gasteiger partial charge in [0, 0.05) is 61.0 Å². The Hall–Kier alpha value is -5.03. The number of nitrogens with zero attached hydrogens (tertiary/aromatic N) is 5. The second-order valence-electron chi connectivity index (χ2n) is 13.2. The number of hydrogen-bond acceptors (Lipinski definition) is 12. The van der Waals surface area contributed by atoms with Crippen LogP contribution in [0.15, 0.2) is 59.1 Å². The van der Waals surface area contributed by atoms with Gasteiger partial charge in [-0.15, -0.1) is 11.8 Å². The Morgan fingerprint density at radius 3 is 1.96 bits per heavy atom. The number of nitro groups is 2. The van der Waals surface area contributed by atoms with Crippen LogP contribution in [0.3, 0.4) is 0 Å². The smallest absolute Gasteiger partial charge is 0.410 e. The maximum absolute atomic E-state index is 13.7. The maximum atomic E-state index is 13.7. The number of fused-ring (bicyclic) bond motifs is 1. The summed E-state index contributed by atoms with van der Waals surface area (Å²) in [4.78, 5) is 79.1. The summed E-state index contributed by atoms with van der Waals surface area (Å²) in [7, 11) is 3.13. The summed E-state index contributed by atoms with van der Waals surface area (Å²) in [5, 5.41) is 32.4. The SMILES string of the molecule is C[C@H]1C(S[C@H]2C[C@@H](C(=O)N(C)C)N(C(=O)OCc3ccc([N+](=O)[O-])cc3)C2)=C(C(=O)OCc2ccc([N+](=O)[O-])cc2)N2C(=O)[C@H](C(C)(C)O)[C@@H]12. The van der Waals surface area contributed by atoms with Crippen LogP contribution in [0, 0.1) is 32.1 Å². The Kier molecular flexibility index (Phi) is 10.2. The van der Waals surface area contributed by atoms with Crippen LogP contribution in [0.4, 0.5) is 16.2 Å². The van der Waals surface area contributed by atoms with E-state index in [-0.39, 0.29) is 49.2 Å². The number of carbonyl (C=O) groups is 4. The number of rotatable bonds is 11. The lowest BCUT2D eigenvalue weighted by Gasteiger charge is -2.50. The third-order valence-corrected chi connectivity index (χ3v) is 10.5. The monoisotopic (exact) mass is 711 g/mol. The third-order valence-electron chi connectivity index (χ3n) is 9.04. The lowest BCUT2D eigenvalue weighted by atomic mass is 9.73. The van der Waals surface area contributed by atoms with Crippen molar-refractivity contribution in [2.75, 3.05) is 20.6 Å². The molecule has 5 atom stereocenters. The van der Waals surface area contributed by atoms with E-state index in [9.17, 15) is 44.5 Å². The van der Waals surface area contributed by atoms with E-state index < -0.39 is 62.6 Å². The highest BCUT2D eigenvalue weighted by atomic mass is 32.2. The summed E-state index contributed by atoms with van der Waals surface area (Å²) < 4.78 is 11.1. The zero-order chi connectivity index (χ0) is 36.7. The third kappa shape index (κ3) is 7.14. The molecule has 3 amide bonds. The minimum absolute atomic E-state index is 0.0228. The fourth-order valence-electron chi connectivity index (χ4n) is 6.52. The molecule has 0 saturated carbocycles. The quantitative estimate of drug-likeness (QED) is 0.154. The molecule has 3 aliphatic rings. The van der Waals surface area contributed by atoms with Gasteiger partial charge >= 0.3 is 12.1 Å². The predicted molar refractivity (Wildman–Crippen MR) is 178 cm³/mol. The van der Waals surface area contributed by atoms with Crippen LogP contribution >= 0.6 is 11.8 Å². The van der Waals surface area contributed by atoms with Gasteiger partial charge in [-0.2, -0.15) is 0 Å². The predicted octanol–water partition coefficient (Wildman–Crippen LogP) is 3.61. The molecule has 266 valence electrons. The lowest BCUT2D eigenvalue weighted by Crippen LogP contribution is -2.66. The van der Waals surface area contributed by atoms with Crippen LogP contribution in [0.25, 0.3) is 0 Å². The van der Waals surface area contributed by atoms with Gasteiger partial charge in [0.2, 0.25) is 11.8 Å². The average Bonchev–Trinajstić information content (AvgIpc) is 3.58. The molecule has 3 aliphatic heterocycles. The van der Waals surface area contributed by atoms with Crippen molar-refractivity contribution in [3.63, 3.8) is 0 Å². The van der Waals surface area contributed by atoms with Crippen molar-refractivity contribution >= 4 is 47.0 Å². The van der Waals surface area contributed by atoms with Gasteiger partial charge in [0.1, 0.15) is 25.0 Å². The minimum Gasteiger partial charge on any atom is -0.456 e. The normalized spacial score (nSPS) is 22.9. The van der Waals surface area contributed by atoms with E-state index in [4.69, 9.17) is 9.47 Å². The number of esters is 1. The van der Waals surface area contributed by atoms with Gasteiger partial charge in [-0.25, -0.2) is 9.59 Å². The van der Waals surface area contributed by atoms with Crippen molar-refractivity contribution in [1.29, 1.82) is 0 Å². The number of nitro benzene ring substituents is 2. The van der Waals surface area contributed by atoms with E-state index in [1.807, 2.05) is 6.92 Å². The number of non-ortho nitro benzene ring substituents is 2. The van der Waals surface area contributed by atoms with Crippen molar-refractivity contribution in [2.45, 2.75) is 63.3 Å². The summed E-state index contributed by atoms with van der Waals surface area (Å²) >= 11 is 1.27. The first-order valence-electron chi connectivity index (χ1n) is 15.7. The molecule has 1 N–H and O–H groups in total. The number of amides is 3. The van der Waals surface area contributed by atoms with Crippen molar-refractivity contribution < 1.29 is 43.6 Å². The zero-order valence-electron chi connectivity index (χ0n) is 28.0. The van der Waals surface area contributed by atoms with Crippen LogP contribution in [0.1, 0.15) is 38.3 Å². The number of benzene rings is 2. The van der Waals surface area contributed by atoms with Gasteiger partial charge in [0.05, 0.1) is 27.4 Å². The van der Waals surface area contributed by atoms with Crippen LogP contribution in [-0.4, -0.2) is 97.1 Å². The maximum Gasteiger partial charge on any atom is 0.410 e. The fraction of sp³-hybridized carbons (Fsp3) is 0.455. The number of thioether (sulfide) groups is 1. The molecule has 17 heteroatoms. The Labute approximate surface area is 291 Å². The van der Waals surface area contributed by atoms with Gasteiger partial charge < -0.3 is 24.4 Å². The summed E-state index contributed by atoms with van der Waals surface area (Å²) in [6, 6.07) is 9.62. The molecule has 3 heterocycles. The van der Waals surface area contributed by atoms with Crippen LogP contribution in [0.5, 0.6) is 0 Å². The second kappa shape index (κ2) is 14.1. The standard InChI is InChI=1S/C33H37N5O11S/c1-18-26-25(33(2,3)43)30(40)36(26)27(31(41)48-16-19-6-10-21(11-7-19)37(44)45)28(18)50-23-14-24(29(39)34(4)5)35(15-23)32(42)49-17-20-8-12-22(13-9-20)38(46)47/h6-13,18,23-26,43H,14-17H2,1-5H3/t18-,23+,24+,25-,26-/m1/s1. The van der Waals surface area contributed by atoms with E-state index in [2.05, 4.69) is 0 Å². The zero-order valence-corrected chi connectivity index (χ0v) is 28.8. The molecule has 2 saturated heterocycles. The molecule has 5 rings (SSSR count). The highest BCUT2D eigenvalue weighted by molar-refractivity contribution is 8.03. The molecule has 2 fully saturated rings. The molecule has 0 aliphatic carbocycles. The minimum atomic E-state index is -1.37. The number of hydrogen-bond donors (Lipinski definition) is 1. The highest BCUT2D eigenvalue weighted by Gasteiger charge is 2.63. The number of likely N-dealkylation sites (tertiary alicyclic amines) is 1. The van der Waals surface area contributed by atoms with Crippen molar-refractivity contribution in [1.82, 2.24) is 14.7 Å². The Balaban J connectivity index is 1.37. The largest absolute Gasteiger partial charge is 0.456 e. The molecule has 2 aromatic carbocycles. The van der Waals surface area contributed by atoms with Crippen molar-refractivity contribution in [3.8, 4) is 0 Å². The Bertz CT molecular complexity index is 1740. The number of likely N-dealkylation sites (N-methyl/N-ethyl adjacent to an activating group) is 1. The van der Waals surface area contributed by atoms with Crippen LogP contribution in [0.2, 0.25) is 0 Å². The molecule has 0 aromatic heterocycles. The number of ether oxygens (including phenoxy) is 2. The first-order valence-corrected chi connectivity index (χ1v) is 16.6. The van der Waals surface area contributed by atoms with Gasteiger partial charge in [0.25, 0.3) is 11.4 Å². The fourth-order valence-corrected chi connectivity index (χ4v) is 8.04. The summed E-state index contributed by atoms with van der Waals surface area (Å²) in [6.07, 6.45) is -0.549.